The summed E-state index contributed by atoms with van der Waals surface area (Å²) >= 11 is 5.62. The molecule has 0 radical (unpaired) electrons. The maximum atomic E-state index is 5.62. The van der Waals surface area contributed by atoms with Crippen molar-refractivity contribution in [2.75, 3.05) is 38.2 Å². The summed E-state index contributed by atoms with van der Waals surface area (Å²) in [5.74, 6) is 0.526. The molecule has 1 aliphatic heterocycles. The van der Waals surface area contributed by atoms with Crippen LogP contribution in [-0.4, -0.2) is 42.9 Å². The highest BCUT2D eigenvalue weighted by molar-refractivity contribution is 7.80. The number of aryl methyl sites for hydroxylation is 1. The van der Waals surface area contributed by atoms with E-state index in [1.54, 1.807) is 0 Å². The lowest BCUT2D eigenvalue weighted by Crippen LogP contribution is -2.44. The van der Waals surface area contributed by atoms with E-state index in [-0.39, 0.29) is 6.04 Å². The Balaban J connectivity index is 1.66. The maximum absolute atomic E-state index is 5.62. The van der Waals surface area contributed by atoms with Crippen LogP contribution < -0.4 is 10.6 Å². The molecule has 2 aromatic rings. The molecule has 1 saturated heterocycles. The SMILES string of the molecule is Cc1ccc([C@@H](CN2CCOCC2)NC(=S)Nc2ccc(C(C)C)cc2)cc1. The van der Waals surface area contributed by atoms with Crippen LogP contribution in [0.3, 0.4) is 0 Å². The summed E-state index contributed by atoms with van der Waals surface area (Å²) < 4.78 is 5.49. The number of thiocarbonyl (C=S) groups is 1. The lowest BCUT2D eigenvalue weighted by atomic mass is 10.0. The molecule has 1 aliphatic rings. The average Bonchev–Trinajstić information content (AvgIpc) is 2.69. The van der Waals surface area contributed by atoms with Crippen molar-refractivity contribution >= 4 is 23.0 Å². The molecule has 0 unspecified atom stereocenters. The minimum atomic E-state index is 0.133. The normalized spacial score (nSPS) is 16.0. The average molecular weight is 398 g/mol. The molecule has 0 saturated carbocycles. The molecule has 1 atom stereocenters. The van der Waals surface area contributed by atoms with Gasteiger partial charge in [-0.25, -0.2) is 0 Å². The van der Waals surface area contributed by atoms with Gasteiger partial charge in [0.25, 0.3) is 0 Å². The van der Waals surface area contributed by atoms with Gasteiger partial charge in [0, 0.05) is 25.3 Å². The van der Waals surface area contributed by atoms with Gasteiger partial charge in [-0.3, -0.25) is 4.90 Å². The summed E-state index contributed by atoms with van der Waals surface area (Å²) in [7, 11) is 0. The van der Waals surface area contributed by atoms with Crippen LogP contribution in [0.25, 0.3) is 0 Å². The first-order chi connectivity index (χ1) is 13.5. The number of anilines is 1. The van der Waals surface area contributed by atoms with Crippen molar-refractivity contribution in [3.63, 3.8) is 0 Å². The third kappa shape index (κ3) is 6.03. The number of nitrogens with zero attached hydrogens (tertiary/aromatic N) is 1. The monoisotopic (exact) mass is 397 g/mol. The number of nitrogens with one attached hydrogen (secondary N) is 2. The molecule has 0 aliphatic carbocycles. The van der Waals surface area contributed by atoms with E-state index in [0.29, 0.717) is 11.0 Å². The molecule has 2 N–H and O–H groups in total. The van der Waals surface area contributed by atoms with E-state index in [4.69, 9.17) is 17.0 Å². The van der Waals surface area contributed by atoms with Crippen LogP contribution in [0.15, 0.2) is 48.5 Å². The molecule has 4 nitrogen and oxygen atoms in total. The Morgan fingerprint density at radius 2 is 1.61 bits per heavy atom. The molecule has 1 heterocycles. The Hall–Kier alpha value is -1.95. The van der Waals surface area contributed by atoms with E-state index >= 15 is 0 Å². The van der Waals surface area contributed by atoms with Crippen LogP contribution in [0.5, 0.6) is 0 Å². The number of hydrogen-bond acceptors (Lipinski definition) is 3. The van der Waals surface area contributed by atoms with Gasteiger partial charge in [-0.1, -0.05) is 55.8 Å². The van der Waals surface area contributed by atoms with E-state index in [1.807, 2.05) is 0 Å². The summed E-state index contributed by atoms with van der Waals surface area (Å²) in [5, 5.41) is 7.51. The summed E-state index contributed by atoms with van der Waals surface area (Å²) in [4.78, 5) is 2.43. The van der Waals surface area contributed by atoms with Gasteiger partial charge in [-0.15, -0.1) is 0 Å². The molecule has 150 valence electrons. The zero-order valence-corrected chi connectivity index (χ0v) is 17.9. The van der Waals surface area contributed by atoms with Gasteiger partial charge < -0.3 is 15.4 Å². The molecular weight excluding hydrogens is 366 g/mol. The van der Waals surface area contributed by atoms with Crippen molar-refractivity contribution in [3.8, 4) is 0 Å². The van der Waals surface area contributed by atoms with Crippen LogP contribution in [0.1, 0.15) is 42.5 Å². The van der Waals surface area contributed by atoms with Crippen LogP contribution >= 0.6 is 12.2 Å². The Morgan fingerprint density at radius 1 is 1.00 bits per heavy atom. The van der Waals surface area contributed by atoms with Crippen molar-refractivity contribution < 1.29 is 4.74 Å². The van der Waals surface area contributed by atoms with Crippen molar-refractivity contribution in [2.45, 2.75) is 32.7 Å². The molecule has 3 rings (SSSR count). The molecule has 1 fully saturated rings. The van der Waals surface area contributed by atoms with Crippen molar-refractivity contribution in [1.82, 2.24) is 10.2 Å². The third-order valence-corrected chi connectivity index (χ3v) is 5.38. The van der Waals surface area contributed by atoms with Crippen molar-refractivity contribution in [2.24, 2.45) is 0 Å². The van der Waals surface area contributed by atoms with Crippen LogP contribution in [0.4, 0.5) is 5.69 Å². The topological polar surface area (TPSA) is 36.5 Å². The zero-order valence-electron chi connectivity index (χ0n) is 17.1. The maximum Gasteiger partial charge on any atom is 0.171 e. The fourth-order valence-corrected chi connectivity index (χ4v) is 3.61. The van der Waals surface area contributed by atoms with Crippen LogP contribution in [0.2, 0.25) is 0 Å². The number of benzene rings is 2. The van der Waals surface area contributed by atoms with Crippen molar-refractivity contribution in [1.29, 1.82) is 0 Å². The van der Waals surface area contributed by atoms with Gasteiger partial charge in [0.2, 0.25) is 0 Å². The lowest BCUT2D eigenvalue weighted by Gasteiger charge is -2.31. The quantitative estimate of drug-likeness (QED) is 0.703. The summed E-state index contributed by atoms with van der Waals surface area (Å²) in [6.45, 7) is 10.9. The predicted molar refractivity (Wildman–Crippen MR) is 121 cm³/mol. The van der Waals surface area contributed by atoms with Gasteiger partial charge in [-0.05, 0) is 48.3 Å². The number of rotatable bonds is 6. The molecule has 0 spiro atoms. The predicted octanol–water partition coefficient (Wildman–Crippen LogP) is 4.48. The molecule has 5 heteroatoms. The first-order valence-electron chi connectivity index (χ1n) is 10.1. The number of hydrogen-bond donors (Lipinski definition) is 2. The number of morpholine rings is 1. The van der Waals surface area contributed by atoms with Crippen molar-refractivity contribution in [3.05, 3.63) is 65.2 Å². The summed E-state index contributed by atoms with van der Waals surface area (Å²) in [6, 6.07) is 17.3. The number of ether oxygens (including phenoxy) is 1. The first kappa shape index (κ1) is 20.8. The van der Waals surface area contributed by atoms with Gasteiger partial charge in [0.15, 0.2) is 5.11 Å². The van der Waals surface area contributed by atoms with E-state index in [1.165, 1.54) is 16.7 Å². The molecule has 0 bridgehead atoms. The summed E-state index contributed by atoms with van der Waals surface area (Å²) in [6.07, 6.45) is 0. The minimum absolute atomic E-state index is 0.133. The molecule has 28 heavy (non-hydrogen) atoms. The fourth-order valence-electron chi connectivity index (χ4n) is 3.35. The highest BCUT2D eigenvalue weighted by Gasteiger charge is 2.19. The van der Waals surface area contributed by atoms with E-state index in [2.05, 4.69) is 84.8 Å². The van der Waals surface area contributed by atoms with Gasteiger partial charge in [0.1, 0.15) is 0 Å². The largest absolute Gasteiger partial charge is 0.379 e. The highest BCUT2D eigenvalue weighted by Crippen LogP contribution is 2.19. The Labute approximate surface area is 174 Å². The Bertz CT molecular complexity index is 752. The second kappa shape index (κ2) is 10.0. The van der Waals surface area contributed by atoms with Crippen LogP contribution in [0, 0.1) is 6.92 Å². The summed E-state index contributed by atoms with van der Waals surface area (Å²) in [5.41, 5.74) is 4.85. The van der Waals surface area contributed by atoms with Gasteiger partial charge in [-0.2, -0.15) is 0 Å². The standard InChI is InChI=1S/C23H31N3OS/c1-17(2)19-8-10-21(11-9-19)24-23(28)25-22(16-26-12-14-27-15-13-26)20-6-4-18(3)5-7-20/h4-11,17,22H,12-16H2,1-3H3,(H2,24,25,28)/t22-/m1/s1. The second-order valence-electron chi connectivity index (χ2n) is 7.75. The molecule has 0 amide bonds. The van der Waals surface area contributed by atoms with Gasteiger partial charge in [0.05, 0.1) is 19.3 Å². The van der Waals surface area contributed by atoms with E-state index < -0.39 is 0 Å². The van der Waals surface area contributed by atoms with Gasteiger partial charge >= 0.3 is 0 Å². The van der Waals surface area contributed by atoms with E-state index in [9.17, 15) is 0 Å². The molecule has 0 aromatic heterocycles. The smallest absolute Gasteiger partial charge is 0.171 e. The minimum Gasteiger partial charge on any atom is -0.379 e. The highest BCUT2D eigenvalue weighted by atomic mass is 32.1. The Kier molecular flexibility index (Phi) is 7.43. The first-order valence-corrected chi connectivity index (χ1v) is 10.5. The van der Waals surface area contributed by atoms with E-state index in [0.717, 1.165) is 38.5 Å². The molecular formula is C23H31N3OS. The van der Waals surface area contributed by atoms with Crippen LogP contribution in [-0.2, 0) is 4.74 Å². The second-order valence-corrected chi connectivity index (χ2v) is 8.16. The zero-order chi connectivity index (χ0) is 19.9. The Morgan fingerprint density at radius 3 is 2.21 bits per heavy atom. The fraction of sp³-hybridized carbons (Fsp3) is 0.435. The lowest BCUT2D eigenvalue weighted by molar-refractivity contribution is 0.0344. The third-order valence-electron chi connectivity index (χ3n) is 5.16. The molecule has 2 aromatic carbocycles.